The topological polar surface area (TPSA) is 37.4 Å². The van der Waals surface area contributed by atoms with Gasteiger partial charge >= 0.3 is 31.1 Å². The Hall–Kier alpha value is 0.192. The van der Waals surface area contributed by atoms with E-state index in [1.165, 1.54) is 6.92 Å². The van der Waals surface area contributed by atoms with Crippen molar-refractivity contribution in [3.63, 3.8) is 0 Å². The van der Waals surface area contributed by atoms with Crippen molar-refractivity contribution in [2.24, 2.45) is 5.92 Å². The van der Waals surface area contributed by atoms with Gasteiger partial charge in [0.25, 0.3) is 0 Å². The first kappa shape index (κ1) is 14.7. The van der Waals surface area contributed by atoms with Gasteiger partial charge < -0.3 is 17.1 Å². The molecular weight excluding hydrogens is 380 g/mol. The van der Waals surface area contributed by atoms with E-state index in [9.17, 15) is 9.59 Å². The van der Waals surface area contributed by atoms with E-state index in [1.54, 1.807) is 4.90 Å². The molecule has 0 aliphatic carbocycles. The summed E-state index contributed by atoms with van der Waals surface area (Å²) in [5, 5.41) is 0. The van der Waals surface area contributed by atoms with E-state index < -0.39 is 0 Å². The smallest absolute Gasteiger partial charge is 0.375 e. The second-order valence-corrected chi connectivity index (χ2v) is 2.46. The largest absolute Gasteiger partial charge is 2.00 e. The summed E-state index contributed by atoms with van der Waals surface area (Å²) in [7, 11) is 0. The van der Waals surface area contributed by atoms with Crippen LogP contribution in [0.25, 0.3) is 0 Å². The molecule has 0 spiro atoms. The van der Waals surface area contributed by atoms with Crippen LogP contribution in [-0.4, -0.2) is 30.2 Å². The third-order valence-corrected chi connectivity index (χ3v) is 1.68. The van der Waals surface area contributed by atoms with E-state index in [2.05, 4.69) is 0 Å². The van der Waals surface area contributed by atoms with E-state index >= 15 is 0 Å². The van der Waals surface area contributed by atoms with Crippen LogP contribution < -0.4 is 0 Å². The Morgan fingerprint density at radius 3 is 2.50 bits per heavy atom. The summed E-state index contributed by atoms with van der Waals surface area (Å²) in [5.74, 6) is 0.00417. The first-order valence-electron chi connectivity index (χ1n) is 3.28. The van der Waals surface area contributed by atoms with Crippen molar-refractivity contribution in [1.29, 1.82) is 0 Å². The minimum absolute atomic E-state index is 0. The van der Waals surface area contributed by atoms with Gasteiger partial charge in [-0.3, -0.25) is 11.2 Å². The van der Waals surface area contributed by atoms with Gasteiger partial charge in [0.1, 0.15) is 0 Å². The Morgan fingerprint density at radius 1 is 1.67 bits per heavy atom. The van der Waals surface area contributed by atoms with Crippen LogP contribution in [0.4, 0.5) is 0 Å². The standard InChI is InChI=1S/C7H10NO2.CH3.U/c1-6(10)8-3-2-7(4-8)5-9;;/h2,5,7H,3-4H2,1H3;1H3;/q2*-1;+2/t7-;;/m0../s1. The molecule has 1 amide bonds. The van der Waals surface area contributed by atoms with Crippen molar-refractivity contribution in [2.45, 2.75) is 6.92 Å². The number of rotatable bonds is 1. The van der Waals surface area contributed by atoms with Crippen LogP contribution in [0.15, 0.2) is 0 Å². The van der Waals surface area contributed by atoms with Crippen molar-refractivity contribution >= 4 is 12.2 Å². The molecule has 0 radical (unpaired) electrons. The maximum Gasteiger partial charge on any atom is 2.00 e. The van der Waals surface area contributed by atoms with Gasteiger partial charge in [-0.15, -0.1) is 6.54 Å². The zero-order valence-electron chi connectivity index (χ0n) is 7.41. The molecule has 0 N–H and O–H groups in total. The van der Waals surface area contributed by atoms with Crippen LogP contribution in [0.1, 0.15) is 6.92 Å². The Balaban J connectivity index is 0. The molecule has 0 aromatic carbocycles. The van der Waals surface area contributed by atoms with Crippen LogP contribution in [0.3, 0.4) is 0 Å². The molecule has 0 bridgehead atoms. The molecule has 1 fully saturated rings. The Bertz CT molecular complexity index is 161. The fourth-order valence-corrected chi connectivity index (χ4v) is 1.02. The first-order chi connectivity index (χ1) is 4.74. The monoisotopic (exact) mass is 393 g/mol. The van der Waals surface area contributed by atoms with E-state index in [4.69, 9.17) is 0 Å². The number of nitrogens with zero attached hydrogens (tertiary/aromatic N) is 1. The predicted octanol–water partition coefficient (Wildman–Crippen LogP) is 0.318. The van der Waals surface area contributed by atoms with Gasteiger partial charge in [0, 0.05) is 6.92 Å². The summed E-state index contributed by atoms with van der Waals surface area (Å²) >= 11 is 0. The van der Waals surface area contributed by atoms with E-state index in [0.29, 0.717) is 13.1 Å². The molecule has 1 saturated heterocycles. The van der Waals surface area contributed by atoms with Crippen molar-refractivity contribution in [1.82, 2.24) is 4.90 Å². The molecule has 66 valence electrons. The van der Waals surface area contributed by atoms with Crippen molar-refractivity contribution in [3.05, 3.63) is 13.8 Å². The Morgan fingerprint density at radius 2 is 2.25 bits per heavy atom. The van der Waals surface area contributed by atoms with Crippen molar-refractivity contribution in [2.75, 3.05) is 13.1 Å². The molecule has 4 heteroatoms. The number of aldehydes is 1. The van der Waals surface area contributed by atoms with Crippen LogP contribution in [0, 0.1) is 50.9 Å². The number of amides is 1. The number of carbonyl (C=O) groups excluding carboxylic acids is 2. The zero-order valence-corrected chi connectivity index (χ0v) is 11.6. The average molecular weight is 393 g/mol. The fraction of sp³-hybridized carbons (Fsp3) is 0.500. The van der Waals surface area contributed by atoms with Gasteiger partial charge in [0.15, 0.2) is 0 Å². The molecule has 0 aromatic heterocycles. The third kappa shape index (κ3) is 3.73. The van der Waals surface area contributed by atoms with Crippen LogP contribution in [0.2, 0.25) is 0 Å². The maximum atomic E-state index is 10.7. The van der Waals surface area contributed by atoms with Crippen molar-refractivity contribution < 1.29 is 40.7 Å². The van der Waals surface area contributed by atoms with Gasteiger partial charge in [-0.05, 0) is 6.54 Å². The van der Waals surface area contributed by atoms with E-state index in [0.717, 1.165) is 6.29 Å². The summed E-state index contributed by atoms with van der Waals surface area (Å²) in [5.41, 5.74) is 0. The molecule has 1 atom stereocenters. The zero-order chi connectivity index (χ0) is 7.56. The molecule has 3 nitrogen and oxygen atoms in total. The van der Waals surface area contributed by atoms with Crippen LogP contribution in [0.5, 0.6) is 0 Å². The first-order valence-corrected chi connectivity index (χ1v) is 3.28. The molecule has 1 heterocycles. The van der Waals surface area contributed by atoms with Crippen LogP contribution in [-0.2, 0) is 9.59 Å². The third-order valence-electron chi connectivity index (χ3n) is 1.68. The summed E-state index contributed by atoms with van der Waals surface area (Å²) in [6.45, 7) is 2.71. The van der Waals surface area contributed by atoms with Gasteiger partial charge in [-0.2, -0.15) is 0 Å². The quantitative estimate of drug-likeness (QED) is 0.476. The Labute approximate surface area is 97.3 Å². The summed E-state index contributed by atoms with van der Waals surface area (Å²) < 4.78 is 0. The molecule has 12 heavy (non-hydrogen) atoms. The molecule has 0 saturated carbocycles. The van der Waals surface area contributed by atoms with Gasteiger partial charge in [0.2, 0.25) is 5.91 Å². The predicted molar refractivity (Wildman–Crippen MR) is 42.5 cm³/mol. The summed E-state index contributed by atoms with van der Waals surface area (Å²) in [6.07, 6.45) is 2.73. The normalized spacial score (nSPS) is 20.8. The molecule has 0 unspecified atom stereocenters. The molecular formula is C8H13NO2U. The average Bonchev–Trinajstić information content (AvgIpc) is 2.34. The van der Waals surface area contributed by atoms with Crippen molar-refractivity contribution in [3.8, 4) is 0 Å². The summed E-state index contributed by atoms with van der Waals surface area (Å²) in [4.78, 5) is 22.6. The minimum atomic E-state index is -0.0381. The second-order valence-electron chi connectivity index (χ2n) is 2.46. The van der Waals surface area contributed by atoms with Gasteiger partial charge in [-0.1, -0.05) is 5.92 Å². The fourth-order valence-electron chi connectivity index (χ4n) is 1.02. The number of likely N-dealkylation sites (tertiary alicyclic amines) is 1. The SMILES string of the molecule is CC(=O)N1C[CH-][C@H](C=O)C1.[CH3-].[U+2]. The summed E-state index contributed by atoms with van der Waals surface area (Å²) in [6, 6.07) is 0. The number of hydrogen-bond donors (Lipinski definition) is 0. The molecule has 0 aromatic rings. The van der Waals surface area contributed by atoms with Gasteiger partial charge in [-0.25, -0.2) is 0 Å². The van der Waals surface area contributed by atoms with Crippen LogP contribution >= 0.6 is 0 Å². The maximum absolute atomic E-state index is 10.7. The minimum Gasteiger partial charge on any atom is -0.375 e. The van der Waals surface area contributed by atoms with E-state index in [-0.39, 0.29) is 50.4 Å². The molecule has 1 rings (SSSR count). The Kier molecular flexibility index (Phi) is 8.18. The van der Waals surface area contributed by atoms with E-state index in [1.807, 2.05) is 6.42 Å². The van der Waals surface area contributed by atoms with Gasteiger partial charge in [0.05, 0.1) is 6.29 Å². The molecule has 1 aliphatic rings. The number of carbonyl (C=O) groups is 2. The second kappa shape index (κ2) is 6.68. The number of hydrogen-bond acceptors (Lipinski definition) is 2. The molecule has 1 aliphatic heterocycles.